The van der Waals surface area contributed by atoms with Crippen molar-refractivity contribution in [1.82, 2.24) is 42.4 Å². The first-order valence-electron chi connectivity index (χ1n) is 18.5. The zero-order chi connectivity index (χ0) is 39.9. The van der Waals surface area contributed by atoms with Crippen LogP contribution in [0, 0.1) is 11.8 Å². The molecule has 12 N–H and O–H groups in total. The molecule has 0 bridgehead atoms. The summed E-state index contributed by atoms with van der Waals surface area (Å²) in [4.78, 5) is 85.9. The molecule has 7 amide bonds. The van der Waals surface area contributed by atoms with E-state index in [4.69, 9.17) is 11.5 Å². The number of amides is 7. The van der Waals surface area contributed by atoms with Crippen LogP contribution in [0.4, 0.5) is 4.79 Å². The van der Waals surface area contributed by atoms with Crippen molar-refractivity contribution >= 4 is 52.4 Å². The number of H-pyrrole nitrogens is 1. The predicted octanol–water partition coefficient (Wildman–Crippen LogP) is 0.362. The van der Waals surface area contributed by atoms with Crippen molar-refractivity contribution in [3.8, 4) is 0 Å². The lowest BCUT2D eigenvalue weighted by molar-refractivity contribution is -0.132. The Hall–Kier alpha value is -6.13. The minimum Gasteiger partial charge on any atom is -0.370 e. The molecule has 1 fully saturated rings. The van der Waals surface area contributed by atoms with Gasteiger partial charge >= 0.3 is 6.03 Å². The third-order valence-corrected chi connectivity index (χ3v) is 9.10. The molecule has 1 heterocycles. The minimum atomic E-state index is -1.13. The van der Waals surface area contributed by atoms with Gasteiger partial charge in [0.05, 0.1) is 0 Å². The number of hydrazine groups is 1. The van der Waals surface area contributed by atoms with Crippen LogP contribution < -0.4 is 48.9 Å². The largest absolute Gasteiger partial charge is 0.370 e. The van der Waals surface area contributed by atoms with Gasteiger partial charge in [0, 0.05) is 49.5 Å². The number of guanidine groups is 1. The minimum absolute atomic E-state index is 0.0678. The summed E-state index contributed by atoms with van der Waals surface area (Å²) >= 11 is 0. The van der Waals surface area contributed by atoms with Crippen LogP contribution >= 0.6 is 0 Å². The van der Waals surface area contributed by atoms with Gasteiger partial charge in [-0.2, -0.15) is 0 Å². The first-order valence-corrected chi connectivity index (χ1v) is 18.5. The number of hydrogen-bond donors (Lipinski definition) is 10. The number of aromatic amines is 1. The van der Waals surface area contributed by atoms with E-state index in [2.05, 4.69) is 47.4 Å². The average molecular weight is 760 g/mol. The van der Waals surface area contributed by atoms with Crippen LogP contribution in [0.5, 0.6) is 0 Å². The van der Waals surface area contributed by atoms with Gasteiger partial charge in [0.1, 0.15) is 24.2 Å². The number of aliphatic imine (C=N–C) groups is 1. The Kier molecular flexibility index (Phi) is 15.4. The number of benzene rings is 2. The summed E-state index contributed by atoms with van der Waals surface area (Å²) in [5.74, 6) is -2.94. The maximum Gasteiger partial charge on any atom is 0.334 e. The number of carbonyl (C=O) groups is 6. The summed E-state index contributed by atoms with van der Waals surface area (Å²) in [6.07, 6.45) is 4.25. The molecule has 1 saturated carbocycles. The highest BCUT2D eigenvalue weighted by atomic mass is 16.2. The van der Waals surface area contributed by atoms with E-state index in [1.807, 2.05) is 68.4 Å². The fourth-order valence-electron chi connectivity index (χ4n) is 5.96. The van der Waals surface area contributed by atoms with Crippen molar-refractivity contribution in [2.75, 3.05) is 13.6 Å². The molecule has 4 rings (SSSR count). The molecule has 1 aliphatic rings. The fraction of sp³-hybridized carbons (Fsp3) is 0.447. The highest BCUT2D eigenvalue weighted by Gasteiger charge is 2.33. The number of carbonyl (C=O) groups excluding carboxylic acids is 6. The Balaban J connectivity index is 1.42. The molecule has 1 aliphatic carbocycles. The van der Waals surface area contributed by atoms with E-state index in [9.17, 15) is 28.8 Å². The monoisotopic (exact) mass is 759 g/mol. The van der Waals surface area contributed by atoms with E-state index in [-0.39, 0.29) is 49.4 Å². The molecule has 0 spiro atoms. The van der Waals surface area contributed by atoms with Gasteiger partial charge in [0.15, 0.2) is 5.96 Å². The van der Waals surface area contributed by atoms with E-state index in [1.165, 1.54) is 7.05 Å². The maximum absolute atomic E-state index is 13.8. The van der Waals surface area contributed by atoms with Crippen LogP contribution in [-0.2, 0) is 36.8 Å². The summed E-state index contributed by atoms with van der Waals surface area (Å²) in [5.41, 5.74) is 18.6. The number of nitrogens with one attached hydrogen (secondary N) is 8. The average Bonchev–Trinajstić information content (AvgIpc) is 3.94. The molecule has 1 aromatic heterocycles. The highest BCUT2D eigenvalue weighted by Crippen LogP contribution is 2.29. The van der Waals surface area contributed by atoms with Gasteiger partial charge in [0.25, 0.3) is 5.91 Å². The van der Waals surface area contributed by atoms with Gasteiger partial charge in [-0.15, -0.1) is 0 Å². The second-order valence-corrected chi connectivity index (χ2v) is 14.1. The van der Waals surface area contributed by atoms with Gasteiger partial charge in [-0.05, 0) is 55.2 Å². The number of hydrogen-bond acceptors (Lipinski definition) is 7. The standard InChI is InChI=1S/C38H53N11O6/c1-22(2)18-30(47-38(55)49-48-36(54)31(46-33(51)24-15-16-24)19-23-10-5-4-6-11-23)35(53)44-28(14-9-17-42-37(40)41-3)34(52)45-29(32(39)50)20-25-21-43-27-13-8-7-12-26(25)27/h4-8,10-13,21-22,24,28-31,43H,9,14-20H2,1-3H3,(H2,39,50)(H,44,53)(H,45,52)(H,46,51)(H,48,54)(H3,40,41,42)(H2,47,49,55)/t28-,29-,30-,31-/m0/s1. The first-order chi connectivity index (χ1) is 26.3. The SMILES string of the molecule is CN=C(N)NCCC[C@H](NC(=O)[C@H](CC(C)C)NC(=O)NNC(=O)[C@H](Cc1ccccc1)NC(=O)C1CC1)C(=O)N[C@@H](Cc1c[nH]c2ccccc12)C(N)=O. The summed E-state index contributed by atoms with van der Waals surface area (Å²) in [6.45, 7) is 4.05. The summed E-state index contributed by atoms with van der Waals surface area (Å²) in [7, 11) is 1.52. The quantitative estimate of drug-likeness (QED) is 0.0352. The molecular formula is C38H53N11O6. The van der Waals surface area contributed by atoms with Crippen LogP contribution in [0.15, 0.2) is 65.8 Å². The second-order valence-electron chi connectivity index (χ2n) is 14.1. The van der Waals surface area contributed by atoms with Crippen LogP contribution in [0.1, 0.15) is 57.1 Å². The van der Waals surface area contributed by atoms with Crippen LogP contribution in [0.25, 0.3) is 10.9 Å². The van der Waals surface area contributed by atoms with Crippen molar-refractivity contribution in [2.45, 2.75) is 83.0 Å². The van der Waals surface area contributed by atoms with Crippen LogP contribution in [0.3, 0.4) is 0 Å². The van der Waals surface area contributed by atoms with Crippen molar-refractivity contribution in [3.63, 3.8) is 0 Å². The van der Waals surface area contributed by atoms with E-state index in [0.717, 1.165) is 34.9 Å². The Bertz CT molecular complexity index is 1830. The lowest BCUT2D eigenvalue weighted by atomic mass is 10.0. The molecule has 55 heavy (non-hydrogen) atoms. The normalized spacial score (nSPS) is 14.9. The molecule has 17 heteroatoms. The molecule has 0 aliphatic heterocycles. The van der Waals surface area contributed by atoms with Crippen LogP contribution in [-0.4, -0.2) is 84.3 Å². The van der Waals surface area contributed by atoms with E-state index in [0.29, 0.717) is 13.0 Å². The summed E-state index contributed by atoms with van der Waals surface area (Å²) < 4.78 is 0. The smallest absolute Gasteiger partial charge is 0.334 e. The third kappa shape index (κ3) is 13.3. The van der Waals surface area contributed by atoms with Gasteiger partial charge in [-0.25, -0.2) is 10.2 Å². The fourth-order valence-corrected chi connectivity index (χ4v) is 5.96. The zero-order valence-corrected chi connectivity index (χ0v) is 31.4. The first kappa shape index (κ1) is 41.6. The number of urea groups is 1. The number of fused-ring (bicyclic) bond motifs is 1. The molecular weight excluding hydrogens is 706 g/mol. The van der Waals surface area contributed by atoms with Crippen molar-refractivity contribution in [3.05, 3.63) is 71.9 Å². The Morgan fingerprint density at radius 1 is 0.782 bits per heavy atom. The maximum atomic E-state index is 13.8. The number of nitrogens with two attached hydrogens (primary N) is 2. The second kappa shape index (κ2) is 20.4. The molecule has 0 saturated heterocycles. The molecule has 0 radical (unpaired) electrons. The van der Waals surface area contributed by atoms with Gasteiger partial charge in [-0.3, -0.25) is 34.4 Å². The Morgan fingerprint density at radius 2 is 1.45 bits per heavy atom. The van der Waals surface area contributed by atoms with Crippen molar-refractivity contribution in [2.24, 2.45) is 28.3 Å². The number of nitrogens with zero attached hydrogens (tertiary/aromatic N) is 1. The lowest BCUT2D eigenvalue weighted by Gasteiger charge is -2.26. The molecule has 296 valence electrons. The number of para-hydroxylation sites is 1. The molecule has 0 unspecified atom stereocenters. The molecule has 17 nitrogen and oxygen atoms in total. The number of aromatic nitrogens is 1. The van der Waals surface area contributed by atoms with E-state index >= 15 is 0 Å². The van der Waals surface area contributed by atoms with Crippen molar-refractivity contribution < 1.29 is 28.8 Å². The van der Waals surface area contributed by atoms with E-state index < -0.39 is 53.8 Å². The molecule has 3 aromatic rings. The summed E-state index contributed by atoms with van der Waals surface area (Å²) in [5, 5.41) is 14.6. The predicted molar refractivity (Wildman–Crippen MR) is 208 cm³/mol. The van der Waals surface area contributed by atoms with Crippen LogP contribution in [0.2, 0.25) is 0 Å². The topological polar surface area (TPSA) is 267 Å². The Morgan fingerprint density at radius 3 is 2.13 bits per heavy atom. The molecule has 2 aromatic carbocycles. The van der Waals surface area contributed by atoms with Gasteiger partial charge in [0.2, 0.25) is 23.6 Å². The zero-order valence-electron chi connectivity index (χ0n) is 31.4. The summed E-state index contributed by atoms with van der Waals surface area (Å²) in [6, 6.07) is 11.5. The Labute approximate surface area is 319 Å². The third-order valence-electron chi connectivity index (χ3n) is 9.10. The van der Waals surface area contributed by atoms with E-state index in [1.54, 1.807) is 6.20 Å². The van der Waals surface area contributed by atoms with Gasteiger partial charge < -0.3 is 43.0 Å². The van der Waals surface area contributed by atoms with Crippen molar-refractivity contribution in [1.29, 1.82) is 0 Å². The molecule has 4 atom stereocenters. The lowest BCUT2D eigenvalue weighted by Crippen LogP contribution is -2.59. The number of rotatable bonds is 19. The highest BCUT2D eigenvalue weighted by molar-refractivity contribution is 5.95. The van der Waals surface area contributed by atoms with Gasteiger partial charge in [-0.1, -0.05) is 62.4 Å². The number of primary amides is 1.